The van der Waals surface area contributed by atoms with E-state index in [2.05, 4.69) is 19.2 Å². The lowest BCUT2D eigenvalue weighted by molar-refractivity contribution is 0.106. The van der Waals surface area contributed by atoms with Crippen molar-refractivity contribution in [2.45, 2.75) is 45.1 Å². The van der Waals surface area contributed by atoms with Crippen molar-refractivity contribution in [3.05, 3.63) is 35.6 Å². The fraction of sp³-hybridized carbons (Fsp3) is 0.647. The Hall–Kier alpha value is -0.930. The summed E-state index contributed by atoms with van der Waals surface area (Å²) in [5, 5.41) is 3.55. The van der Waals surface area contributed by atoms with Crippen LogP contribution in [0.4, 0.5) is 4.39 Å². The summed E-state index contributed by atoms with van der Waals surface area (Å²) in [5.41, 5.74) is 1.14. The Balaban J connectivity index is 1.54. The molecule has 112 valence electrons. The molecule has 1 aliphatic carbocycles. The molecule has 0 radical (unpaired) electrons. The van der Waals surface area contributed by atoms with Gasteiger partial charge in [-0.25, -0.2) is 4.39 Å². The Morgan fingerprint density at radius 3 is 2.85 bits per heavy atom. The van der Waals surface area contributed by atoms with Crippen LogP contribution in [0.5, 0.6) is 0 Å². The predicted octanol–water partition coefficient (Wildman–Crippen LogP) is 3.72. The van der Waals surface area contributed by atoms with Gasteiger partial charge in [-0.05, 0) is 55.3 Å². The lowest BCUT2D eigenvalue weighted by atomic mass is 9.76. The van der Waals surface area contributed by atoms with Crippen LogP contribution in [0.3, 0.4) is 0 Å². The minimum absolute atomic E-state index is 0.124. The predicted molar refractivity (Wildman–Crippen MR) is 80.4 cm³/mol. The van der Waals surface area contributed by atoms with E-state index >= 15 is 0 Å². The van der Waals surface area contributed by atoms with Crippen LogP contribution in [-0.4, -0.2) is 25.8 Å². The normalized spacial score (nSPS) is 22.0. The summed E-state index contributed by atoms with van der Waals surface area (Å²) in [6.07, 6.45) is 3.31. The van der Waals surface area contributed by atoms with Crippen molar-refractivity contribution in [3.8, 4) is 0 Å². The number of hydrogen-bond donors (Lipinski definition) is 1. The number of hydrogen-bond acceptors (Lipinski definition) is 2. The fourth-order valence-corrected chi connectivity index (χ4v) is 2.62. The van der Waals surface area contributed by atoms with Crippen molar-refractivity contribution >= 4 is 0 Å². The number of ether oxygens (including phenoxy) is 1. The van der Waals surface area contributed by atoms with Crippen molar-refractivity contribution in [2.75, 3.05) is 19.8 Å². The van der Waals surface area contributed by atoms with Crippen LogP contribution in [0.25, 0.3) is 0 Å². The van der Waals surface area contributed by atoms with Crippen LogP contribution in [0.15, 0.2) is 24.3 Å². The fourth-order valence-electron chi connectivity index (χ4n) is 2.62. The summed E-state index contributed by atoms with van der Waals surface area (Å²) in [7, 11) is 0. The van der Waals surface area contributed by atoms with E-state index in [4.69, 9.17) is 4.74 Å². The zero-order valence-electron chi connectivity index (χ0n) is 12.6. The SMILES string of the molecule is CC(C)COCCCNC1CC(c2cccc(F)c2)C1. The highest BCUT2D eigenvalue weighted by Gasteiger charge is 2.29. The summed E-state index contributed by atoms with van der Waals surface area (Å²) < 4.78 is 18.7. The molecule has 0 aromatic heterocycles. The zero-order chi connectivity index (χ0) is 14.4. The third-order valence-corrected chi connectivity index (χ3v) is 3.81. The van der Waals surface area contributed by atoms with E-state index in [0.717, 1.165) is 44.6 Å². The molecule has 0 aliphatic heterocycles. The van der Waals surface area contributed by atoms with Crippen LogP contribution in [0, 0.1) is 11.7 Å². The second kappa shape index (κ2) is 7.75. The summed E-state index contributed by atoms with van der Waals surface area (Å²) >= 11 is 0. The zero-order valence-corrected chi connectivity index (χ0v) is 12.6. The van der Waals surface area contributed by atoms with Crippen LogP contribution >= 0.6 is 0 Å². The monoisotopic (exact) mass is 279 g/mol. The van der Waals surface area contributed by atoms with Crippen molar-refractivity contribution in [2.24, 2.45) is 5.92 Å². The Morgan fingerprint density at radius 2 is 2.15 bits per heavy atom. The highest BCUT2D eigenvalue weighted by molar-refractivity contribution is 5.23. The van der Waals surface area contributed by atoms with Gasteiger partial charge in [-0.2, -0.15) is 0 Å². The van der Waals surface area contributed by atoms with E-state index in [0.29, 0.717) is 17.9 Å². The maximum absolute atomic E-state index is 13.1. The molecule has 2 rings (SSSR count). The van der Waals surface area contributed by atoms with Gasteiger partial charge < -0.3 is 10.1 Å². The Kier molecular flexibility index (Phi) is 5.99. The molecule has 1 fully saturated rings. The van der Waals surface area contributed by atoms with E-state index in [-0.39, 0.29) is 5.82 Å². The Morgan fingerprint density at radius 1 is 1.35 bits per heavy atom. The van der Waals surface area contributed by atoms with Gasteiger partial charge in [0.1, 0.15) is 5.82 Å². The molecule has 0 amide bonds. The van der Waals surface area contributed by atoms with Gasteiger partial charge in [-0.3, -0.25) is 0 Å². The van der Waals surface area contributed by atoms with E-state index in [9.17, 15) is 4.39 Å². The van der Waals surface area contributed by atoms with Crippen LogP contribution in [0.1, 0.15) is 44.6 Å². The largest absolute Gasteiger partial charge is 0.381 e. The van der Waals surface area contributed by atoms with Crippen molar-refractivity contribution in [3.63, 3.8) is 0 Å². The van der Waals surface area contributed by atoms with Gasteiger partial charge in [0.05, 0.1) is 0 Å². The average molecular weight is 279 g/mol. The molecule has 0 unspecified atom stereocenters. The molecule has 1 aromatic rings. The molecule has 1 N–H and O–H groups in total. The number of rotatable bonds is 8. The van der Waals surface area contributed by atoms with Gasteiger partial charge in [0.25, 0.3) is 0 Å². The highest BCUT2D eigenvalue weighted by Crippen LogP contribution is 2.36. The molecular formula is C17H26FNO. The quantitative estimate of drug-likeness (QED) is 0.732. The second-order valence-corrected chi connectivity index (χ2v) is 6.20. The number of benzene rings is 1. The first-order valence-corrected chi connectivity index (χ1v) is 7.71. The molecule has 0 heterocycles. The summed E-state index contributed by atoms with van der Waals surface area (Å²) in [5.74, 6) is 1.02. The molecule has 3 heteroatoms. The maximum atomic E-state index is 13.1. The lowest BCUT2D eigenvalue weighted by Crippen LogP contribution is -2.40. The molecule has 20 heavy (non-hydrogen) atoms. The topological polar surface area (TPSA) is 21.3 Å². The van der Waals surface area contributed by atoms with Gasteiger partial charge in [0, 0.05) is 19.3 Å². The van der Waals surface area contributed by atoms with Gasteiger partial charge in [-0.15, -0.1) is 0 Å². The molecule has 0 bridgehead atoms. The Bertz CT molecular complexity index is 402. The summed E-state index contributed by atoms with van der Waals surface area (Å²) in [6.45, 7) is 7.03. The third-order valence-electron chi connectivity index (χ3n) is 3.81. The number of nitrogens with one attached hydrogen (secondary N) is 1. The molecule has 0 spiro atoms. The number of halogens is 1. The first kappa shape index (κ1) is 15.5. The van der Waals surface area contributed by atoms with Crippen LogP contribution in [-0.2, 0) is 4.74 Å². The van der Waals surface area contributed by atoms with E-state index in [1.165, 1.54) is 6.07 Å². The molecule has 0 saturated heterocycles. The third kappa shape index (κ3) is 4.88. The van der Waals surface area contributed by atoms with Crippen LogP contribution < -0.4 is 5.32 Å². The highest BCUT2D eigenvalue weighted by atomic mass is 19.1. The maximum Gasteiger partial charge on any atom is 0.123 e. The first-order valence-electron chi connectivity index (χ1n) is 7.71. The molecule has 1 aliphatic rings. The molecule has 2 nitrogen and oxygen atoms in total. The molecular weight excluding hydrogens is 253 g/mol. The average Bonchev–Trinajstić information content (AvgIpc) is 2.35. The first-order chi connectivity index (χ1) is 9.65. The van der Waals surface area contributed by atoms with Crippen LogP contribution in [0.2, 0.25) is 0 Å². The lowest BCUT2D eigenvalue weighted by Gasteiger charge is -2.36. The standard InChI is InChI=1S/C17H26FNO/c1-13(2)12-20-8-4-7-19-17-10-15(11-17)14-5-3-6-16(18)9-14/h3,5-6,9,13,15,17,19H,4,7-8,10-12H2,1-2H3. The Labute approximate surface area is 121 Å². The van der Waals surface area contributed by atoms with Crippen molar-refractivity contribution in [1.29, 1.82) is 0 Å². The van der Waals surface area contributed by atoms with Gasteiger partial charge in [-0.1, -0.05) is 26.0 Å². The smallest absolute Gasteiger partial charge is 0.123 e. The van der Waals surface area contributed by atoms with Gasteiger partial charge >= 0.3 is 0 Å². The summed E-state index contributed by atoms with van der Waals surface area (Å²) in [4.78, 5) is 0. The molecule has 1 saturated carbocycles. The summed E-state index contributed by atoms with van der Waals surface area (Å²) in [6, 6.07) is 7.60. The molecule has 1 aromatic carbocycles. The molecule has 0 atom stereocenters. The van der Waals surface area contributed by atoms with E-state index in [1.54, 1.807) is 12.1 Å². The van der Waals surface area contributed by atoms with Gasteiger partial charge in [0.2, 0.25) is 0 Å². The van der Waals surface area contributed by atoms with E-state index in [1.807, 2.05) is 6.07 Å². The van der Waals surface area contributed by atoms with Gasteiger partial charge in [0.15, 0.2) is 0 Å². The second-order valence-electron chi connectivity index (χ2n) is 6.20. The minimum atomic E-state index is -0.124. The van der Waals surface area contributed by atoms with Crippen molar-refractivity contribution in [1.82, 2.24) is 5.32 Å². The minimum Gasteiger partial charge on any atom is -0.381 e. The van der Waals surface area contributed by atoms with Crippen molar-refractivity contribution < 1.29 is 9.13 Å². The van der Waals surface area contributed by atoms with E-state index < -0.39 is 0 Å².